The molecule has 5 aliphatic carbocycles. The Kier molecular flexibility index (Phi) is 5.38. The third-order valence-electron chi connectivity index (χ3n) is 13.2. The molecule has 0 spiro atoms. The van der Waals surface area contributed by atoms with Gasteiger partial charge in [-0.15, -0.1) is 0 Å². The lowest BCUT2D eigenvalue weighted by Gasteiger charge is -2.70. The summed E-state index contributed by atoms with van der Waals surface area (Å²) in [6.07, 6.45) is 12.2. The fourth-order valence-electron chi connectivity index (χ4n) is 10.9. The maximum Gasteiger partial charge on any atom is 0.311 e. The lowest BCUT2D eigenvalue weighted by Crippen LogP contribution is -2.66. The molecule has 4 fully saturated rings. The predicted molar refractivity (Wildman–Crippen MR) is 136 cm³/mol. The van der Waals surface area contributed by atoms with E-state index in [2.05, 4.69) is 54.5 Å². The zero-order valence-electron chi connectivity index (χ0n) is 23.1. The van der Waals surface area contributed by atoms with Crippen LogP contribution in [-0.2, 0) is 14.3 Å². The Bertz CT molecular complexity index is 935. The number of allylic oxidation sites excluding steroid dienone is 2. The number of methoxy groups -OCH3 is 1. The normalized spacial score (nSPS) is 54.6. The minimum atomic E-state index is -0.479. The molecule has 5 aliphatic rings. The van der Waals surface area contributed by atoms with Gasteiger partial charge < -0.3 is 4.74 Å². The molecule has 0 aromatic carbocycles. The van der Waals surface area contributed by atoms with Crippen LogP contribution in [0.2, 0.25) is 0 Å². The van der Waals surface area contributed by atoms with Gasteiger partial charge in [-0.05, 0) is 110 Å². The van der Waals surface area contributed by atoms with E-state index in [-0.39, 0.29) is 34.1 Å². The molecular weight excluding hydrogens is 420 g/mol. The fourth-order valence-corrected chi connectivity index (χ4v) is 10.9. The zero-order valence-corrected chi connectivity index (χ0v) is 23.1. The number of hydrogen-bond acceptors (Lipinski definition) is 3. The molecule has 0 heterocycles. The Balaban J connectivity index is 1.63. The Morgan fingerprint density at radius 3 is 2.32 bits per heavy atom. The summed E-state index contributed by atoms with van der Waals surface area (Å²) in [6.45, 7) is 16.9. The van der Waals surface area contributed by atoms with Gasteiger partial charge >= 0.3 is 5.97 Å². The van der Waals surface area contributed by atoms with E-state index in [1.807, 2.05) is 0 Å². The molecule has 0 amide bonds. The third kappa shape index (κ3) is 2.82. The molecule has 3 unspecified atom stereocenters. The van der Waals surface area contributed by atoms with E-state index in [4.69, 9.17) is 4.74 Å². The van der Waals surface area contributed by atoms with Gasteiger partial charge in [0.2, 0.25) is 0 Å². The molecule has 4 saturated carbocycles. The summed E-state index contributed by atoms with van der Waals surface area (Å²) in [6, 6.07) is 0. The topological polar surface area (TPSA) is 43.4 Å². The Hall–Kier alpha value is -1.12. The number of carbonyl (C=O) groups is 2. The van der Waals surface area contributed by atoms with E-state index in [1.165, 1.54) is 38.4 Å². The molecule has 0 aromatic rings. The van der Waals surface area contributed by atoms with Crippen molar-refractivity contribution in [3.8, 4) is 0 Å². The molecule has 0 aromatic heterocycles. The van der Waals surface area contributed by atoms with Crippen molar-refractivity contribution in [2.24, 2.45) is 56.7 Å². The maximum atomic E-state index is 14.3. The van der Waals surface area contributed by atoms with Gasteiger partial charge in [0.15, 0.2) is 5.78 Å². The SMILES string of the molecule is COC(=O)[C@@]1(C)CCC[C@@]2(C)C1CC[C@]1(C)C2C(=O)C=C2C3[C@@H](C)[C@H](C)CC[C@]3(C)CC[C@]21C. The van der Waals surface area contributed by atoms with Gasteiger partial charge in [0, 0.05) is 5.92 Å². The van der Waals surface area contributed by atoms with Crippen LogP contribution in [0.3, 0.4) is 0 Å². The molecular formula is C31H48O3. The lowest BCUT2D eigenvalue weighted by molar-refractivity contribution is -0.198. The third-order valence-corrected chi connectivity index (χ3v) is 13.2. The van der Waals surface area contributed by atoms with Crippen LogP contribution in [0.4, 0.5) is 0 Å². The van der Waals surface area contributed by atoms with Gasteiger partial charge in [-0.25, -0.2) is 0 Å². The largest absolute Gasteiger partial charge is 0.469 e. The van der Waals surface area contributed by atoms with Crippen LogP contribution in [0.15, 0.2) is 11.6 Å². The van der Waals surface area contributed by atoms with E-state index in [0.29, 0.717) is 29.0 Å². The van der Waals surface area contributed by atoms with E-state index in [9.17, 15) is 9.59 Å². The highest BCUT2D eigenvalue weighted by Gasteiger charge is 2.70. The molecule has 0 saturated heterocycles. The monoisotopic (exact) mass is 468 g/mol. The quantitative estimate of drug-likeness (QED) is 0.377. The van der Waals surface area contributed by atoms with Crippen LogP contribution >= 0.6 is 0 Å². The van der Waals surface area contributed by atoms with Crippen LogP contribution in [0.25, 0.3) is 0 Å². The highest BCUT2D eigenvalue weighted by Crippen LogP contribution is 2.75. The van der Waals surface area contributed by atoms with Crippen LogP contribution in [0, 0.1) is 56.7 Å². The van der Waals surface area contributed by atoms with Gasteiger partial charge in [0.1, 0.15) is 0 Å². The molecule has 0 N–H and O–H groups in total. The summed E-state index contributed by atoms with van der Waals surface area (Å²) in [5, 5.41) is 0. The Labute approximate surface area is 207 Å². The molecule has 3 nitrogen and oxygen atoms in total. The molecule has 10 atom stereocenters. The van der Waals surface area contributed by atoms with E-state index in [1.54, 1.807) is 0 Å². The smallest absolute Gasteiger partial charge is 0.311 e. The van der Waals surface area contributed by atoms with Gasteiger partial charge in [-0.1, -0.05) is 53.5 Å². The van der Waals surface area contributed by atoms with E-state index < -0.39 is 5.41 Å². The van der Waals surface area contributed by atoms with Crippen molar-refractivity contribution in [2.45, 2.75) is 106 Å². The number of hydrogen-bond donors (Lipinski definition) is 0. The fraction of sp³-hybridized carbons (Fsp3) is 0.871. The lowest BCUT2D eigenvalue weighted by atomic mass is 9.33. The molecule has 0 radical (unpaired) electrons. The second-order valence-corrected chi connectivity index (χ2v) is 14.6. The van der Waals surface area contributed by atoms with Crippen molar-refractivity contribution in [2.75, 3.05) is 7.11 Å². The van der Waals surface area contributed by atoms with Crippen LogP contribution in [0.1, 0.15) is 106 Å². The number of ketones is 1. The molecule has 0 bridgehead atoms. The van der Waals surface area contributed by atoms with Crippen molar-refractivity contribution >= 4 is 11.8 Å². The number of carbonyl (C=O) groups excluding carboxylic acids is 2. The maximum absolute atomic E-state index is 14.3. The number of ether oxygens (including phenoxy) is 1. The minimum Gasteiger partial charge on any atom is -0.469 e. The van der Waals surface area contributed by atoms with Gasteiger partial charge in [0.05, 0.1) is 12.5 Å². The second-order valence-electron chi connectivity index (χ2n) is 14.6. The molecule has 0 aliphatic heterocycles. The van der Waals surface area contributed by atoms with Crippen LogP contribution < -0.4 is 0 Å². The standard InChI is InChI=1S/C31H48O3/c1-19-10-14-27(3)16-17-30(6)21(24(27)20(19)2)18-22(32)25-28(4)12-9-13-29(5,26(33)34-8)23(28)11-15-31(25,30)7/h18-20,23-25H,9-17H2,1-8H3/t19-,20+,23?,24?,25?,27-,28+,29+,30-,31-/m1/s1. The number of rotatable bonds is 1. The number of esters is 1. The summed E-state index contributed by atoms with van der Waals surface area (Å²) in [5.74, 6) is 2.37. The van der Waals surface area contributed by atoms with Crippen molar-refractivity contribution < 1.29 is 14.3 Å². The van der Waals surface area contributed by atoms with Crippen molar-refractivity contribution in [1.82, 2.24) is 0 Å². The second kappa shape index (κ2) is 7.45. The van der Waals surface area contributed by atoms with Gasteiger partial charge in [-0.3, -0.25) is 9.59 Å². The van der Waals surface area contributed by atoms with Crippen molar-refractivity contribution in [1.29, 1.82) is 0 Å². The first-order chi connectivity index (χ1) is 15.8. The van der Waals surface area contributed by atoms with Crippen molar-refractivity contribution in [3.63, 3.8) is 0 Å². The predicted octanol–water partition coefficient (Wildman–Crippen LogP) is 7.39. The zero-order chi connectivity index (χ0) is 24.9. The Morgan fingerprint density at radius 1 is 0.941 bits per heavy atom. The Morgan fingerprint density at radius 2 is 1.65 bits per heavy atom. The number of fused-ring (bicyclic) bond motifs is 7. The first-order valence-corrected chi connectivity index (χ1v) is 14.1. The summed E-state index contributed by atoms with van der Waals surface area (Å²) in [7, 11) is 1.53. The molecule has 3 heteroatoms. The molecule has 5 rings (SSSR count). The van der Waals surface area contributed by atoms with Gasteiger partial charge in [-0.2, -0.15) is 0 Å². The van der Waals surface area contributed by atoms with E-state index >= 15 is 0 Å². The van der Waals surface area contributed by atoms with Crippen LogP contribution in [0.5, 0.6) is 0 Å². The summed E-state index contributed by atoms with van der Waals surface area (Å²) in [4.78, 5) is 27.4. The minimum absolute atomic E-state index is 0.00235. The van der Waals surface area contributed by atoms with Crippen LogP contribution in [-0.4, -0.2) is 18.9 Å². The van der Waals surface area contributed by atoms with Crippen molar-refractivity contribution in [3.05, 3.63) is 11.6 Å². The highest BCUT2D eigenvalue weighted by molar-refractivity contribution is 5.96. The average molecular weight is 469 g/mol. The molecule has 34 heavy (non-hydrogen) atoms. The van der Waals surface area contributed by atoms with Gasteiger partial charge in [0.25, 0.3) is 0 Å². The molecule has 190 valence electrons. The first kappa shape index (κ1) is 24.6. The first-order valence-electron chi connectivity index (χ1n) is 14.1. The summed E-state index contributed by atoms with van der Waals surface area (Å²) >= 11 is 0. The summed E-state index contributed by atoms with van der Waals surface area (Å²) < 4.78 is 5.34. The van der Waals surface area contributed by atoms with E-state index in [0.717, 1.165) is 32.1 Å². The highest BCUT2D eigenvalue weighted by atomic mass is 16.5. The summed E-state index contributed by atoms with van der Waals surface area (Å²) in [5.41, 5.74) is 1.22. The average Bonchev–Trinajstić information content (AvgIpc) is 2.77.